The number of aromatic nitrogens is 4. The number of nitrogens with zero attached hydrogens (tertiary/aromatic N) is 7. The van der Waals surface area contributed by atoms with E-state index < -0.39 is 22.5 Å². The summed E-state index contributed by atoms with van der Waals surface area (Å²) in [5.74, 6) is 0.663. The van der Waals surface area contributed by atoms with Crippen molar-refractivity contribution in [3.63, 3.8) is 0 Å². The first-order valence-electron chi connectivity index (χ1n) is 9.35. The van der Waals surface area contributed by atoms with Crippen molar-refractivity contribution in [2.24, 2.45) is 33.2 Å². The van der Waals surface area contributed by atoms with Gasteiger partial charge in [0.15, 0.2) is 28.8 Å². The van der Waals surface area contributed by atoms with E-state index in [2.05, 4.69) is 10.4 Å². The molecule has 0 saturated carbocycles. The van der Waals surface area contributed by atoms with E-state index in [1.54, 1.807) is 0 Å². The lowest BCUT2D eigenvalue weighted by molar-refractivity contribution is 0.513. The van der Waals surface area contributed by atoms with Gasteiger partial charge in [0.2, 0.25) is 0 Å². The van der Waals surface area contributed by atoms with E-state index in [4.69, 9.17) is 0 Å². The van der Waals surface area contributed by atoms with Crippen LogP contribution in [0.4, 0.5) is 23.0 Å². The minimum absolute atomic E-state index is 0.0197. The van der Waals surface area contributed by atoms with Crippen LogP contribution in [0.3, 0.4) is 0 Å². The summed E-state index contributed by atoms with van der Waals surface area (Å²) in [6, 6.07) is 9.10. The topological polar surface area (TPSA) is 119 Å². The largest absolute Gasteiger partial charge is 0.332 e. The number of aliphatic imine (C=N–C) groups is 1. The summed E-state index contributed by atoms with van der Waals surface area (Å²) in [7, 11) is 5.75. The summed E-state index contributed by atoms with van der Waals surface area (Å²) in [5, 5.41) is 2.82. The zero-order valence-electron chi connectivity index (χ0n) is 17.2. The molecule has 0 amide bonds. The van der Waals surface area contributed by atoms with Crippen molar-refractivity contribution in [1.82, 2.24) is 23.4 Å². The molecule has 12 nitrogen and oxygen atoms in total. The molecule has 2 aromatic heterocycles. The zero-order valence-corrected chi connectivity index (χ0v) is 17.2. The van der Waals surface area contributed by atoms with Gasteiger partial charge in [-0.05, 0) is 0 Å². The molecule has 0 unspecified atom stereocenters. The van der Waals surface area contributed by atoms with E-state index in [0.29, 0.717) is 11.4 Å². The molecule has 158 valence electrons. The molecule has 0 saturated heterocycles. The maximum Gasteiger partial charge on any atom is 0.332 e. The Balaban J connectivity index is 1.95. The lowest BCUT2D eigenvalue weighted by Gasteiger charge is -2.34. The molecular weight excluding hydrogens is 404 g/mol. The van der Waals surface area contributed by atoms with Crippen molar-refractivity contribution in [3.8, 4) is 0 Å². The number of fused-ring (bicyclic) bond motifs is 5. The van der Waals surface area contributed by atoms with Crippen LogP contribution < -0.4 is 32.9 Å². The maximum atomic E-state index is 13.1. The second kappa shape index (κ2) is 6.08. The Hall–Kier alpha value is -4.35. The van der Waals surface area contributed by atoms with Crippen molar-refractivity contribution in [2.45, 2.75) is 0 Å². The van der Waals surface area contributed by atoms with Gasteiger partial charge in [-0.3, -0.25) is 33.3 Å². The van der Waals surface area contributed by atoms with Crippen LogP contribution in [0.2, 0.25) is 0 Å². The second-order valence-electron chi connectivity index (χ2n) is 7.32. The van der Waals surface area contributed by atoms with Crippen molar-refractivity contribution in [3.05, 3.63) is 77.6 Å². The summed E-state index contributed by atoms with van der Waals surface area (Å²) >= 11 is 0. The Morgan fingerprint density at radius 2 is 1.32 bits per heavy atom. The van der Waals surface area contributed by atoms with Crippen molar-refractivity contribution < 1.29 is 0 Å². The first kappa shape index (κ1) is 18.7. The SMILES string of the molecule is Cn1c2c(c(=O)n(C)c1=O)N1c3c(n(C)c(=O)n(C)c3=O)NN1C(c1ccccc1)=N2. The third kappa shape index (κ3) is 2.26. The quantitative estimate of drug-likeness (QED) is 0.549. The van der Waals surface area contributed by atoms with Crippen molar-refractivity contribution in [1.29, 1.82) is 0 Å². The highest BCUT2D eigenvalue weighted by Crippen LogP contribution is 2.41. The molecule has 0 bridgehead atoms. The van der Waals surface area contributed by atoms with Crippen molar-refractivity contribution >= 4 is 28.8 Å². The molecule has 0 radical (unpaired) electrons. The van der Waals surface area contributed by atoms with Crippen LogP contribution in [0, 0.1) is 0 Å². The molecule has 2 aliphatic heterocycles. The predicted octanol–water partition coefficient (Wildman–Crippen LogP) is -0.731. The predicted molar refractivity (Wildman–Crippen MR) is 114 cm³/mol. The Bertz CT molecular complexity index is 1540. The lowest BCUT2D eigenvalue weighted by Crippen LogP contribution is -2.51. The fourth-order valence-electron chi connectivity index (χ4n) is 3.81. The number of hydrazine groups is 2. The Morgan fingerprint density at radius 3 is 1.97 bits per heavy atom. The molecule has 0 atom stereocenters. The van der Waals surface area contributed by atoms with Crippen LogP contribution in [-0.2, 0) is 28.2 Å². The molecule has 0 aliphatic carbocycles. The third-order valence-corrected chi connectivity index (χ3v) is 5.53. The van der Waals surface area contributed by atoms with E-state index in [9.17, 15) is 19.2 Å². The number of hydrogen-bond acceptors (Lipinski definition) is 8. The van der Waals surface area contributed by atoms with Crippen LogP contribution in [-0.4, -0.2) is 29.2 Å². The fourth-order valence-corrected chi connectivity index (χ4v) is 3.81. The molecule has 12 heteroatoms. The zero-order chi connectivity index (χ0) is 22.2. The first-order chi connectivity index (χ1) is 14.7. The maximum absolute atomic E-state index is 13.1. The molecule has 0 spiro atoms. The van der Waals surface area contributed by atoms with E-state index in [1.165, 1.54) is 47.5 Å². The van der Waals surface area contributed by atoms with Gasteiger partial charge in [0.1, 0.15) is 0 Å². The molecule has 3 aromatic rings. The first-order valence-corrected chi connectivity index (χ1v) is 9.35. The Labute approximate surface area is 174 Å². The van der Waals surface area contributed by atoms with Gasteiger partial charge in [-0.25, -0.2) is 19.6 Å². The molecule has 2 aliphatic rings. The summed E-state index contributed by atoms with van der Waals surface area (Å²) in [5.41, 5.74) is 1.51. The van der Waals surface area contributed by atoms with Gasteiger partial charge in [0, 0.05) is 33.8 Å². The average molecular weight is 422 g/mol. The lowest BCUT2D eigenvalue weighted by atomic mass is 10.2. The summed E-state index contributed by atoms with van der Waals surface area (Å²) < 4.78 is 4.44. The minimum Gasteiger partial charge on any atom is -0.280 e. The smallest absolute Gasteiger partial charge is 0.280 e. The van der Waals surface area contributed by atoms with E-state index in [-0.39, 0.29) is 23.0 Å². The molecule has 1 aromatic carbocycles. The standard InChI is InChI=1S/C19H18N8O4/c1-22-14-11(16(28)24(3)18(22)30)26-12-15(23(2)19(31)25(4)17(12)29)21-27(26)13(20-14)10-8-6-5-7-9-10/h5-9,21H,1-4H3. The number of amidine groups is 1. The van der Waals surface area contributed by atoms with E-state index in [1.807, 2.05) is 30.3 Å². The van der Waals surface area contributed by atoms with Crippen molar-refractivity contribution in [2.75, 3.05) is 10.4 Å². The summed E-state index contributed by atoms with van der Waals surface area (Å²) in [6.07, 6.45) is 0. The molecule has 31 heavy (non-hydrogen) atoms. The van der Waals surface area contributed by atoms with E-state index in [0.717, 1.165) is 9.13 Å². The van der Waals surface area contributed by atoms with Gasteiger partial charge >= 0.3 is 11.4 Å². The van der Waals surface area contributed by atoms with Gasteiger partial charge in [0.25, 0.3) is 11.1 Å². The van der Waals surface area contributed by atoms with Gasteiger partial charge < -0.3 is 0 Å². The molecule has 1 N–H and O–H groups in total. The second-order valence-corrected chi connectivity index (χ2v) is 7.32. The molecular formula is C19H18N8O4. The third-order valence-electron chi connectivity index (χ3n) is 5.53. The average Bonchev–Trinajstić information content (AvgIpc) is 3.18. The Kier molecular flexibility index (Phi) is 3.66. The van der Waals surface area contributed by atoms with E-state index >= 15 is 0 Å². The highest BCUT2D eigenvalue weighted by molar-refractivity contribution is 6.06. The fraction of sp³-hybridized carbons (Fsp3) is 0.211. The number of anilines is 3. The summed E-state index contributed by atoms with van der Waals surface area (Å²) in [6.45, 7) is 0. The number of rotatable bonds is 1. The molecule has 5 rings (SSSR count). The summed E-state index contributed by atoms with van der Waals surface area (Å²) in [4.78, 5) is 55.9. The number of hydrogen-bond donors (Lipinski definition) is 1. The van der Waals surface area contributed by atoms with Gasteiger partial charge in [0.05, 0.1) is 0 Å². The monoisotopic (exact) mass is 422 g/mol. The minimum atomic E-state index is -0.621. The van der Waals surface area contributed by atoms with Crippen LogP contribution >= 0.6 is 0 Å². The molecule has 0 fully saturated rings. The highest BCUT2D eigenvalue weighted by Gasteiger charge is 2.43. The highest BCUT2D eigenvalue weighted by atomic mass is 16.2. The van der Waals surface area contributed by atoms with Crippen LogP contribution in [0.15, 0.2) is 54.5 Å². The van der Waals surface area contributed by atoms with Crippen LogP contribution in [0.25, 0.3) is 0 Å². The van der Waals surface area contributed by atoms with Gasteiger partial charge in [-0.2, -0.15) is 5.12 Å². The van der Waals surface area contributed by atoms with Crippen LogP contribution in [0.1, 0.15) is 5.56 Å². The van der Waals surface area contributed by atoms with Gasteiger partial charge in [-0.1, -0.05) is 30.3 Å². The molecule has 4 heterocycles. The van der Waals surface area contributed by atoms with Gasteiger partial charge in [-0.15, -0.1) is 0 Å². The normalized spacial score (nSPS) is 14.0. The number of nitrogens with one attached hydrogen (secondary N) is 1. The number of benzene rings is 1. The van der Waals surface area contributed by atoms with Crippen LogP contribution in [0.5, 0.6) is 0 Å². The Morgan fingerprint density at radius 1 is 0.742 bits per heavy atom.